The standard InChI is InChI=1S/C16H36N.Cs.H2O.H/c1-5-9-13-17(14-10-6-2,15-11-7-3)16-12-8-4;;;/h5-16H2,1-4H3;;1H2;/q+1;;;. The summed E-state index contributed by atoms with van der Waals surface area (Å²) in [6.45, 7) is 15.0. The van der Waals surface area contributed by atoms with Gasteiger partial charge in [-0.15, -0.1) is 0 Å². The first-order valence-electron chi connectivity index (χ1n) is 8.09. The zero-order chi connectivity index (χ0) is 13.0. The Bertz CT molecular complexity index is 127. The van der Waals surface area contributed by atoms with Gasteiger partial charge in [-0.3, -0.25) is 0 Å². The van der Waals surface area contributed by atoms with Gasteiger partial charge >= 0.3 is 68.9 Å². The summed E-state index contributed by atoms with van der Waals surface area (Å²) in [5.41, 5.74) is 0. The Labute approximate surface area is 181 Å². The Morgan fingerprint density at radius 1 is 0.526 bits per heavy atom. The van der Waals surface area contributed by atoms with Crippen LogP contribution in [0.15, 0.2) is 0 Å². The van der Waals surface area contributed by atoms with Gasteiger partial charge in [0, 0.05) is 0 Å². The fourth-order valence-electron chi connectivity index (χ4n) is 2.64. The summed E-state index contributed by atoms with van der Waals surface area (Å²) < 4.78 is 1.42. The van der Waals surface area contributed by atoms with Gasteiger partial charge in [-0.1, -0.05) is 53.4 Å². The molecule has 19 heavy (non-hydrogen) atoms. The van der Waals surface area contributed by atoms with E-state index in [2.05, 4.69) is 27.7 Å². The van der Waals surface area contributed by atoms with Gasteiger partial charge in [-0.05, 0) is 25.7 Å². The van der Waals surface area contributed by atoms with Gasteiger partial charge in [0.25, 0.3) is 0 Å². The van der Waals surface area contributed by atoms with E-state index in [1.54, 1.807) is 0 Å². The van der Waals surface area contributed by atoms with Crippen LogP contribution in [0.1, 0.15) is 79.1 Å². The second kappa shape index (κ2) is 18.0. The maximum absolute atomic E-state index is 2.33. The van der Waals surface area contributed by atoms with Gasteiger partial charge in [0.15, 0.2) is 0 Å². The van der Waals surface area contributed by atoms with Crippen molar-refractivity contribution < 1.29 is 9.96 Å². The molecule has 0 radical (unpaired) electrons. The fourth-order valence-corrected chi connectivity index (χ4v) is 2.64. The number of unbranched alkanes of at least 4 members (excludes halogenated alkanes) is 4. The third kappa shape index (κ3) is 13.4. The summed E-state index contributed by atoms with van der Waals surface area (Å²) in [6.07, 6.45) is 11.1. The van der Waals surface area contributed by atoms with Crippen molar-refractivity contribution in [3.8, 4) is 0 Å². The molecule has 0 saturated heterocycles. The molecule has 0 heterocycles. The summed E-state index contributed by atoms with van der Waals surface area (Å²) in [4.78, 5) is 0. The Kier molecular flexibility index (Phi) is 24.6. The van der Waals surface area contributed by atoms with Gasteiger partial charge in [0.2, 0.25) is 0 Å². The summed E-state index contributed by atoms with van der Waals surface area (Å²) in [5.74, 6) is 0. The molecule has 0 amide bonds. The van der Waals surface area contributed by atoms with Crippen molar-refractivity contribution >= 4 is 68.9 Å². The monoisotopic (exact) mass is 394 g/mol. The van der Waals surface area contributed by atoms with Gasteiger partial charge < -0.3 is 9.96 Å². The molecule has 0 bridgehead atoms. The van der Waals surface area contributed by atoms with Crippen molar-refractivity contribution in [3.05, 3.63) is 0 Å². The van der Waals surface area contributed by atoms with Crippen LogP contribution in [0.25, 0.3) is 0 Å². The minimum absolute atomic E-state index is 0. The van der Waals surface area contributed by atoms with Crippen LogP contribution in [0, 0.1) is 0 Å². The molecular formula is C16H39CsNO+. The molecule has 3 heteroatoms. The Morgan fingerprint density at radius 2 is 0.737 bits per heavy atom. The van der Waals surface area contributed by atoms with E-state index in [9.17, 15) is 0 Å². The summed E-state index contributed by atoms with van der Waals surface area (Å²) in [5, 5.41) is 0. The number of quaternary nitrogens is 1. The van der Waals surface area contributed by atoms with Gasteiger partial charge in [-0.25, -0.2) is 0 Å². The second-order valence-electron chi connectivity index (χ2n) is 5.65. The van der Waals surface area contributed by atoms with Gasteiger partial charge in [-0.2, -0.15) is 0 Å². The van der Waals surface area contributed by atoms with Crippen LogP contribution < -0.4 is 0 Å². The topological polar surface area (TPSA) is 31.5 Å². The van der Waals surface area contributed by atoms with Gasteiger partial charge in [0.05, 0.1) is 26.2 Å². The van der Waals surface area contributed by atoms with E-state index in [0.29, 0.717) is 0 Å². The SMILES string of the molecule is CCCC[N+](CCCC)(CCCC)CCCC.O.[CsH]. The Balaban J connectivity index is -0.00000128. The van der Waals surface area contributed by atoms with E-state index in [0.717, 1.165) is 0 Å². The number of rotatable bonds is 12. The van der Waals surface area contributed by atoms with Crippen LogP contribution in [-0.4, -0.2) is 105 Å². The van der Waals surface area contributed by atoms with Crippen LogP contribution in [0.4, 0.5) is 0 Å². The molecule has 0 fully saturated rings. The average Bonchev–Trinajstić information content (AvgIpc) is 2.37. The van der Waals surface area contributed by atoms with E-state index in [1.165, 1.54) is 82.0 Å². The predicted octanol–water partition coefficient (Wildman–Crippen LogP) is 3.53. The molecule has 0 unspecified atom stereocenters. The molecule has 0 aliphatic carbocycles. The first-order valence-corrected chi connectivity index (χ1v) is 8.09. The molecule has 0 saturated carbocycles. The van der Waals surface area contributed by atoms with E-state index in [4.69, 9.17) is 0 Å². The first kappa shape index (κ1) is 25.9. The number of hydrogen-bond donors (Lipinski definition) is 0. The molecule has 0 rings (SSSR count). The Morgan fingerprint density at radius 3 is 0.895 bits per heavy atom. The van der Waals surface area contributed by atoms with Crippen LogP contribution in [0.3, 0.4) is 0 Å². The molecule has 0 aromatic carbocycles. The molecule has 0 aromatic heterocycles. The Hall–Kier alpha value is 1.97. The van der Waals surface area contributed by atoms with Gasteiger partial charge in [0.1, 0.15) is 0 Å². The molecule has 2 nitrogen and oxygen atoms in total. The fraction of sp³-hybridized carbons (Fsp3) is 1.00. The molecule has 0 atom stereocenters. The van der Waals surface area contributed by atoms with Crippen LogP contribution >= 0.6 is 0 Å². The summed E-state index contributed by atoms with van der Waals surface area (Å²) >= 11 is 0. The van der Waals surface area contributed by atoms with Crippen LogP contribution in [-0.2, 0) is 0 Å². The zero-order valence-electron chi connectivity index (χ0n) is 13.4. The van der Waals surface area contributed by atoms with E-state index in [-0.39, 0.29) is 74.4 Å². The molecule has 0 aliphatic heterocycles. The zero-order valence-corrected chi connectivity index (χ0v) is 13.4. The second-order valence-corrected chi connectivity index (χ2v) is 5.65. The quantitative estimate of drug-likeness (QED) is 0.454. The normalized spacial score (nSPS) is 10.7. The van der Waals surface area contributed by atoms with E-state index < -0.39 is 0 Å². The molecule has 0 aliphatic rings. The third-order valence-corrected chi connectivity index (χ3v) is 3.94. The summed E-state index contributed by atoms with van der Waals surface area (Å²) in [6, 6.07) is 0. The van der Waals surface area contributed by atoms with Crippen molar-refractivity contribution in [2.75, 3.05) is 26.2 Å². The summed E-state index contributed by atoms with van der Waals surface area (Å²) in [7, 11) is 0. The third-order valence-electron chi connectivity index (χ3n) is 3.94. The van der Waals surface area contributed by atoms with Crippen molar-refractivity contribution in [1.29, 1.82) is 0 Å². The average molecular weight is 394 g/mol. The van der Waals surface area contributed by atoms with E-state index in [1.807, 2.05) is 0 Å². The maximum atomic E-state index is 2.33. The predicted molar refractivity (Wildman–Crippen MR) is 90.1 cm³/mol. The van der Waals surface area contributed by atoms with Crippen molar-refractivity contribution in [3.63, 3.8) is 0 Å². The van der Waals surface area contributed by atoms with Crippen molar-refractivity contribution in [2.24, 2.45) is 0 Å². The molecule has 114 valence electrons. The van der Waals surface area contributed by atoms with E-state index >= 15 is 0 Å². The van der Waals surface area contributed by atoms with Crippen molar-refractivity contribution in [2.45, 2.75) is 79.1 Å². The minimum atomic E-state index is 0. The van der Waals surface area contributed by atoms with Crippen LogP contribution in [0.2, 0.25) is 0 Å². The first-order chi connectivity index (χ1) is 8.24. The van der Waals surface area contributed by atoms with Crippen LogP contribution in [0.5, 0.6) is 0 Å². The molecular weight excluding hydrogens is 355 g/mol. The van der Waals surface area contributed by atoms with Crippen molar-refractivity contribution in [1.82, 2.24) is 0 Å². The number of hydrogen-bond acceptors (Lipinski definition) is 0. The molecule has 0 spiro atoms. The number of nitrogens with zero attached hydrogens (tertiary/aromatic N) is 1. The molecule has 0 aromatic rings. The molecule has 2 N–H and O–H groups in total.